The Labute approximate surface area is 246 Å². The number of rotatable bonds is 7. The molecule has 8 nitrogen and oxygen atoms in total. The number of fused-ring (bicyclic) bond motifs is 1. The van der Waals surface area contributed by atoms with Crippen LogP contribution in [0.4, 0.5) is 9.18 Å². The Morgan fingerprint density at radius 1 is 1.32 bits per heavy atom. The normalized spacial score (nSPS) is 12.9. The van der Waals surface area contributed by atoms with Crippen LogP contribution < -0.4 is 9.47 Å². The second-order valence-corrected chi connectivity index (χ2v) is 10.9. The standard InChI is InChI=1S/C27H32ClFN2O4.C4H6O2/c1-7-9-18-16-19-17-31(13-12-30(5)6)14-15-33-25(19)24(29)22(18)23-20(28)10-8-11-21(23)34-26(32)35-27(2,3)4;1-4(2-5)3-6/h8,10-11,16H,12-15,17H2,1-6H3;2,6H,1,3H2. The number of aliphatic hydroxyl groups is 1. The molecule has 1 N–H and O–H groups in total. The number of carbonyl (C=O) groups excluding carboxylic acids is 2. The van der Waals surface area contributed by atoms with Gasteiger partial charge in [0, 0.05) is 54.0 Å². The van der Waals surface area contributed by atoms with Crippen LogP contribution in [0.25, 0.3) is 11.1 Å². The molecule has 0 unspecified atom stereocenters. The van der Waals surface area contributed by atoms with Gasteiger partial charge in [-0.25, -0.2) is 9.18 Å². The third-order valence-corrected chi connectivity index (χ3v) is 5.96. The summed E-state index contributed by atoms with van der Waals surface area (Å²) in [5.41, 5.74) is 0.955. The van der Waals surface area contributed by atoms with Crippen LogP contribution in [0.1, 0.15) is 38.8 Å². The third kappa shape index (κ3) is 10.2. The Kier molecular flexibility index (Phi) is 12.8. The minimum absolute atomic E-state index is 0.0750. The molecule has 10 heteroatoms. The Morgan fingerprint density at radius 2 is 2.02 bits per heavy atom. The summed E-state index contributed by atoms with van der Waals surface area (Å²) in [6.07, 6.45) is -0.382. The molecule has 41 heavy (non-hydrogen) atoms. The zero-order valence-corrected chi connectivity index (χ0v) is 25.2. The molecule has 0 spiro atoms. The van der Waals surface area contributed by atoms with E-state index in [0.29, 0.717) is 37.1 Å². The average Bonchev–Trinajstić information content (AvgIpc) is 3.10. The number of likely N-dealkylation sites (N-methyl/N-ethyl adjacent to an activating group) is 1. The molecular weight excluding hydrogens is 551 g/mol. The van der Waals surface area contributed by atoms with Crippen LogP contribution in [0.15, 0.2) is 36.4 Å². The molecule has 3 rings (SSSR count). The molecule has 2 aromatic carbocycles. The number of halogens is 2. The molecule has 0 aliphatic carbocycles. The second-order valence-electron chi connectivity index (χ2n) is 10.5. The summed E-state index contributed by atoms with van der Waals surface area (Å²) in [6, 6.07) is 6.61. The monoisotopic (exact) mass is 588 g/mol. The number of nitrogens with zero attached hydrogens (tertiary/aromatic N) is 2. The molecule has 0 saturated heterocycles. The molecule has 0 fully saturated rings. The lowest BCUT2D eigenvalue weighted by molar-refractivity contribution is -0.105. The summed E-state index contributed by atoms with van der Waals surface area (Å²) in [6.45, 7) is 13.1. The van der Waals surface area contributed by atoms with Crippen LogP contribution in [0.2, 0.25) is 5.02 Å². The minimum atomic E-state index is -0.910. The zero-order chi connectivity index (χ0) is 30.7. The lowest BCUT2D eigenvalue weighted by atomic mass is 9.95. The quantitative estimate of drug-likeness (QED) is 0.153. The van der Waals surface area contributed by atoms with Crippen molar-refractivity contribution in [1.82, 2.24) is 9.80 Å². The van der Waals surface area contributed by atoms with E-state index in [2.05, 4.69) is 28.2 Å². The summed E-state index contributed by atoms with van der Waals surface area (Å²) in [4.78, 5) is 26.2. The first-order chi connectivity index (χ1) is 19.3. The number of aliphatic hydroxyl groups excluding tert-OH is 1. The van der Waals surface area contributed by atoms with E-state index in [-0.39, 0.29) is 39.8 Å². The van der Waals surface area contributed by atoms with Crippen molar-refractivity contribution in [3.8, 4) is 34.5 Å². The first-order valence-electron chi connectivity index (χ1n) is 13.0. The molecule has 2 aromatic rings. The van der Waals surface area contributed by atoms with Gasteiger partial charge in [0.25, 0.3) is 0 Å². The lowest BCUT2D eigenvalue weighted by Crippen LogP contribution is -2.32. The first-order valence-corrected chi connectivity index (χ1v) is 13.4. The fraction of sp³-hybridized carbons (Fsp3) is 0.419. The topological polar surface area (TPSA) is 88.5 Å². The maximum atomic E-state index is 16.2. The predicted molar refractivity (Wildman–Crippen MR) is 158 cm³/mol. The Balaban J connectivity index is 0.000000883. The van der Waals surface area contributed by atoms with Crippen LogP contribution in [0.3, 0.4) is 0 Å². The van der Waals surface area contributed by atoms with Crippen LogP contribution >= 0.6 is 11.6 Å². The number of aldehydes is 1. The highest BCUT2D eigenvalue weighted by atomic mass is 35.5. The maximum Gasteiger partial charge on any atom is 0.514 e. The SMILES string of the molecule is C=C(C=O)CO.CC#Cc1cc2c(c(F)c1-c1c(Cl)cccc1OC(=O)OC(C)(C)C)OCCN(CCN(C)C)C2. The minimum Gasteiger partial charge on any atom is -0.489 e. The first kappa shape index (κ1) is 33.8. The molecule has 1 aliphatic rings. The predicted octanol–water partition coefficient (Wildman–Crippen LogP) is 5.32. The van der Waals surface area contributed by atoms with Crippen LogP contribution in [0, 0.1) is 17.7 Å². The summed E-state index contributed by atoms with van der Waals surface area (Å²) in [5, 5.41) is 8.22. The van der Waals surface area contributed by atoms with E-state index in [1.54, 1.807) is 45.9 Å². The zero-order valence-electron chi connectivity index (χ0n) is 24.5. The van der Waals surface area contributed by atoms with Crippen molar-refractivity contribution in [2.24, 2.45) is 0 Å². The highest BCUT2D eigenvalue weighted by Gasteiger charge is 2.28. The van der Waals surface area contributed by atoms with Gasteiger partial charge in [0.15, 0.2) is 11.6 Å². The Bertz CT molecular complexity index is 1310. The van der Waals surface area contributed by atoms with Crippen molar-refractivity contribution in [3.63, 3.8) is 0 Å². The lowest BCUT2D eigenvalue weighted by Gasteiger charge is -2.22. The van der Waals surface area contributed by atoms with E-state index >= 15 is 4.39 Å². The Hall–Kier alpha value is -3.42. The number of hydrogen-bond acceptors (Lipinski definition) is 8. The number of ether oxygens (including phenoxy) is 3. The highest BCUT2D eigenvalue weighted by Crippen LogP contribution is 2.44. The second kappa shape index (κ2) is 15.5. The van der Waals surface area contributed by atoms with E-state index in [4.69, 9.17) is 30.9 Å². The number of benzene rings is 2. The van der Waals surface area contributed by atoms with Gasteiger partial charge >= 0.3 is 6.16 Å². The molecule has 1 aliphatic heterocycles. The average molecular weight is 589 g/mol. The van der Waals surface area contributed by atoms with E-state index in [9.17, 15) is 9.59 Å². The molecule has 1 heterocycles. The van der Waals surface area contributed by atoms with Gasteiger partial charge in [-0.2, -0.15) is 0 Å². The Morgan fingerprint density at radius 3 is 2.59 bits per heavy atom. The fourth-order valence-electron chi connectivity index (χ4n) is 3.79. The summed E-state index contributed by atoms with van der Waals surface area (Å²) in [5.74, 6) is 5.50. The molecule has 0 saturated carbocycles. The summed E-state index contributed by atoms with van der Waals surface area (Å²) in [7, 11) is 4.04. The van der Waals surface area contributed by atoms with Gasteiger partial charge in [0.05, 0.1) is 11.6 Å². The van der Waals surface area contributed by atoms with Gasteiger partial charge in [0.2, 0.25) is 0 Å². The third-order valence-electron chi connectivity index (χ3n) is 5.65. The van der Waals surface area contributed by atoms with Crippen LogP contribution in [-0.2, 0) is 16.1 Å². The molecule has 0 amide bonds. The summed E-state index contributed by atoms with van der Waals surface area (Å²) < 4.78 is 32.8. The van der Waals surface area contributed by atoms with Gasteiger partial charge in [-0.15, -0.1) is 5.92 Å². The molecule has 0 radical (unpaired) electrons. The highest BCUT2D eigenvalue weighted by molar-refractivity contribution is 6.33. The maximum absolute atomic E-state index is 16.2. The number of carbonyl (C=O) groups is 2. The molecule has 0 atom stereocenters. The molecular formula is C31H38ClFN2O6. The van der Waals surface area contributed by atoms with Crippen molar-refractivity contribution in [3.05, 3.63) is 58.4 Å². The van der Waals surface area contributed by atoms with E-state index in [0.717, 1.165) is 13.1 Å². The van der Waals surface area contributed by atoms with Crippen molar-refractivity contribution in [2.45, 2.75) is 39.8 Å². The van der Waals surface area contributed by atoms with Gasteiger partial charge < -0.3 is 24.2 Å². The number of hydrogen-bond donors (Lipinski definition) is 1. The van der Waals surface area contributed by atoms with Crippen LogP contribution in [0.5, 0.6) is 11.5 Å². The van der Waals surface area contributed by atoms with Gasteiger partial charge in [-0.05, 0) is 60.0 Å². The van der Waals surface area contributed by atoms with E-state index in [1.165, 1.54) is 0 Å². The van der Waals surface area contributed by atoms with Gasteiger partial charge in [-0.3, -0.25) is 9.69 Å². The van der Waals surface area contributed by atoms with Crippen molar-refractivity contribution < 1.29 is 33.3 Å². The van der Waals surface area contributed by atoms with Crippen molar-refractivity contribution in [2.75, 3.05) is 46.9 Å². The molecule has 222 valence electrons. The van der Waals surface area contributed by atoms with Gasteiger partial charge in [-0.1, -0.05) is 30.2 Å². The molecule has 0 aromatic heterocycles. The van der Waals surface area contributed by atoms with Crippen molar-refractivity contribution in [1.29, 1.82) is 0 Å². The summed E-state index contributed by atoms with van der Waals surface area (Å²) >= 11 is 6.53. The van der Waals surface area contributed by atoms with E-state index < -0.39 is 17.6 Å². The van der Waals surface area contributed by atoms with Gasteiger partial charge in [0.1, 0.15) is 24.2 Å². The fourth-order valence-corrected chi connectivity index (χ4v) is 4.06. The smallest absolute Gasteiger partial charge is 0.489 e. The molecule has 0 bridgehead atoms. The van der Waals surface area contributed by atoms with Crippen molar-refractivity contribution >= 4 is 24.0 Å². The van der Waals surface area contributed by atoms with E-state index in [1.807, 2.05) is 20.2 Å². The largest absolute Gasteiger partial charge is 0.514 e. The van der Waals surface area contributed by atoms with Crippen LogP contribution in [-0.4, -0.2) is 79.9 Å².